The number of carboxylic acid groups (broad SMARTS) is 1. The van der Waals surface area contributed by atoms with Crippen LogP contribution >= 0.6 is 11.6 Å². The predicted molar refractivity (Wildman–Crippen MR) is 128 cm³/mol. The molecule has 3 aromatic heterocycles. The summed E-state index contributed by atoms with van der Waals surface area (Å²) in [6.45, 7) is 5.25. The second kappa shape index (κ2) is 8.50. The van der Waals surface area contributed by atoms with Crippen molar-refractivity contribution < 1.29 is 19.1 Å². The second-order valence-corrected chi connectivity index (χ2v) is 8.51. The highest BCUT2D eigenvalue weighted by Gasteiger charge is 2.22. The molecule has 0 radical (unpaired) electrons. The highest BCUT2D eigenvalue weighted by Crippen LogP contribution is 2.38. The van der Waals surface area contributed by atoms with Crippen molar-refractivity contribution in [3.63, 3.8) is 0 Å². The number of halogens is 1. The Bertz CT molecular complexity index is 1430. The van der Waals surface area contributed by atoms with Gasteiger partial charge in [0.05, 0.1) is 24.9 Å². The molecule has 168 valence electrons. The smallest absolute Gasteiger partial charge is 0.356 e. The fourth-order valence-electron chi connectivity index (χ4n) is 4.31. The van der Waals surface area contributed by atoms with Gasteiger partial charge in [-0.1, -0.05) is 23.7 Å². The van der Waals surface area contributed by atoms with Crippen LogP contribution in [-0.4, -0.2) is 34.3 Å². The number of anilines is 1. The number of benzene rings is 1. The number of nitrogens with one attached hydrogen (secondary N) is 1. The van der Waals surface area contributed by atoms with Crippen LogP contribution in [0.15, 0.2) is 47.0 Å². The maximum absolute atomic E-state index is 11.7. The van der Waals surface area contributed by atoms with Gasteiger partial charge in [0.25, 0.3) is 0 Å². The van der Waals surface area contributed by atoms with Gasteiger partial charge in [-0.2, -0.15) is 0 Å². The molecule has 0 unspecified atom stereocenters. The highest BCUT2D eigenvalue weighted by atomic mass is 35.5. The molecule has 0 fully saturated rings. The van der Waals surface area contributed by atoms with Crippen LogP contribution in [-0.2, 0) is 4.74 Å². The summed E-state index contributed by atoms with van der Waals surface area (Å²) in [7, 11) is 0. The Morgan fingerprint density at radius 3 is 2.85 bits per heavy atom. The summed E-state index contributed by atoms with van der Waals surface area (Å²) in [6, 6.07) is 9.01. The Labute approximate surface area is 195 Å². The number of aryl methyl sites for hydroxylation is 1. The van der Waals surface area contributed by atoms with Gasteiger partial charge in [-0.05, 0) is 55.7 Å². The van der Waals surface area contributed by atoms with Gasteiger partial charge < -0.3 is 19.6 Å². The molecule has 4 aromatic rings. The summed E-state index contributed by atoms with van der Waals surface area (Å²) < 4.78 is 11.9. The standard InChI is InChI=1S/C25H22ClN3O4/c1-13-11-17(14(2)28-19-3-4-20(26)29-22(19)25(30)31)23-18(12-13)21-24(33-23)16(5-8-27-21)15-6-9-32-10-7-15/h3-6,8,11-12,14,28H,7,9-10H2,1-2H3,(H,30,31)/t14-/m1/s1. The van der Waals surface area contributed by atoms with Crippen LogP contribution in [0.5, 0.6) is 0 Å². The zero-order valence-electron chi connectivity index (χ0n) is 18.2. The second-order valence-electron chi connectivity index (χ2n) is 8.12. The van der Waals surface area contributed by atoms with Crippen LogP contribution in [0, 0.1) is 6.92 Å². The molecule has 0 saturated heterocycles. The van der Waals surface area contributed by atoms with E-state index in [4.69, 9.17) is 20.8 Å². The Morgan fingerprint density at radius 1 is 1.24 bits per heavy atom. The van der Waals surface area contributed by atoms with E-state index >= 15 is 0 Å². The third kappa shape index (κ3) is 3.94. The van der Waals surface area contributed by atoms with Crippen molar-refractivity contribution in [1.29, 1.82) is 0 Å². The number of pyridine rings is 2. The molecular weight excluding hydrogens is 442 g/mol. The average molecular weight is 464 g/mol. The number of hydrogen-bond donors (Lipinski definition) is 2. The van der Waals surface area contributed by atoms with Gasteiger partial charge >= 0.3 is 5.97 Å². The van der Waals surface area contributed by atoms with Crippen molar-refractivity contribution in [3.05, 3.63) is 70.1 Å². The van der Waals surface area contributed by atoms with Crippen LogP contribution in [0.3, 0.4) is 0 Å². The Kier molecular flexibility index (Phi) is 5.52. The fourth-order valence-corrected chi connectivity index (χ4v) is 4.46. The summed E-state index contributed by atoms with van der Waals surface area (Å²) in [5.74, 6) is -1.15. The van der Waals surface area contributed by atoms with Crippen LogP contribution < -0.4 is 5.32 Å². The topological polar surface area (TPSA) is 97.5 Å². The number of carboxylic acids is 1. The van der Waals surface area contributed by atoms with Gasteiger partial charge in [0.15, 0.2) is 11.3 Å². The molecule has 8 heteroatoms. The minimum Gasteiger partial charge on any atom is -0.476 e. The van der Waals surface area contributed by atoms with Crippen molar-refractivity contribution in [2.24, 2.45) is 0 Å². The lowest BCUT2D eigenvalue weighted by Crippen LogP contribution is -2.12. The minimum atomic E-state index is -1.15. The number of fused-ring (bicyclic) bond motifs is 3. The number of carbonyl (C=O) groups is 1. The van der Waals surface area contributed by atoms with Gasteiger partial charge in [0.2, 0.25) is 0 Å². The number of furan rings is 1. The van der Waals surface area contributed by atoms with Gasteiger partial charge in [-0.3, -0.25) is 4.98 Å². The average Bonchev–Trinajstić information content (AvgIpc) is 3.18. The molecule has 0 aliphatic carbocycles. The van der Waals surface area contributed by atoms with E-state index in [1.807, 2.05) is 32.2 Å². The minimum absolute atomic E-state index is 0.127. The van der Waals surface area contributed by atoms with E-state index in [1.54, 1.807) is 12.1 Å². The Morgan fingerprint density at radius 2 is 2.09 bits per heavy atom. The summed E-state index contributed by atoms with van der Waals surface area (Å²) >= 11 is 5.90. The first-order valence-corrected chi connectivity index (χ1v) is 11.1. The van der Waals surface area contributed by atoms with Crippen molar-refractivity contribution in [1.82, 2.24) is 9.97 Å². The van der Waals surface area contributed by atoms with E-state index in [2.05, 4.69) is 27.4 Å². The predicted octanol–water partition coefficient (Wildman–Crippen LogP) is 6.01. The van der Waals surface area contributed by atoms with Crippen molar-refractivity contribution in [3.8, 4) is 0 Å². The summed E-state index contributed by atoms with van der Waals surface area (Å²) in [6.07, 6.45) is 4.72. The van der Waals surface area contributed by atoms with Gasteiger partial charge in [-0.25, -0.2) is 9.78 Å². The number of hydrogen-bond acceptors (Lipinski definition) is 6. The van der Waals surface area contributed by atoms with Crippen molar-refractivity contribution >= 4 is 50.9 Å². The number of ether oxygens (including phenoxy) is 1. The first-order chi connectivity index (χ1) is 15.9. The third-order valence-electron chi connectivity index (χ3n) is 5.84. The molecule has 0 saturated carbocycles. The van der Waals surface area contributed by atoms with Gasteiger partial charge in [0, 0.05) is 22.7 Å². The summed E-state index contributed by atoms with van der Waals surface area (Å²) in [5, 5.41) is 13.9. The molecule has 1 atom stereocenters. The lowest BCUT2D eigenvalue weighted by atomic mass is 10.00. The van der Waals surface area contributed by atoms with Crippen LogP contribution in [0.1, 0.15) is 46.6 Å². The summed E-state index contributed by atoms with van der Waals surface area (Å²) in [5.41, 5.74) is 6.72. The maximum Gasteiger partial charge on any atom is 0.356 e. The van der Waals surface area contributed by atoms with E-state index in [-0.39, 0.29) is 16.9 Å². The van der Waals surface area contributed by atoms with Gasteiger partial charge in [-0.15, -0.1) is 0 Å². The lowest BCUT2D eigenvalue weighted by Gasteiger charge is -2.18. The Hall–Kier alpha value is -3.42. The van der Waals surface area contributed by atoms with E-state index in [0.717, 1.165) is 45.2 Å². The zero-order valence-corrected chi connectivity index (χ0v) is 18.9. The first kappa shape index (κ1) is 21.4. The molecule has 1 aliphatic heterocycles. The van der Waals surface area contributed by atoms with E-state index in [9.17, 15) is 9.90 Å². The molecule has 1 aromatic carbocycles. The molecule has 0 spiro atoms. The molecule has 0 bridgehead atoms. The molecule has 0 amide bonds. The van der Waals surface area contributed by atoms with Gasteiger partial charge in [0.1, 0.15) is 16.3 Å². The van der Waals surface area contributed by atoms with Crippen LogP contribution in [0.25, 0.3) is 27.6 Å². The quantitative estimate of drug-likeness (QED) is 0.349. The monoisotopic (exact) mass is 463 g/mol. The summed E-state index contributed by atoms with van der Waals surface area (Å²) in [4.78, 5) is 20.2. The zero-order chi connectivity index (χ0) is 23.1. The highest BCUT2D eigenvalue weighted by molar-refractivity contribution is 6.29. The van der Waals surface area contributed by atoms with Crippen molar-refractivity contribution in [2.75, 3.05) is 18.5 Å². The van der Waals surface area contributed by atoms with E-state index in [1.165, 1.54) is 5.57 Å². The molecular formula is C25H22ClN3O4. The van der Waals surface area contributed by atoms with Crippen LogP contribution in [0.4, 0.5) is 5.69 Å². The number of rotatable bonds is 5. The largest absolute Gasteiger partial charge is 0.476 e. The number of aromatic carboxylic acids is 1. The fraction of sp³-hybridized carbons (Fsp3) is 0.240. The SMILES string of the molecule is Cc1cc([C@@H](C)Nc2ccc(Cl)nc2C(=O)O)c2oc3c(C4=CCOCC4)ccnc3c2c1. The van der Waals surface area contributed by atoms with Crippen LogP contribution in [0.2, 0.25) is 5.15 Å². The molecule has 1 aliphatic rings. The lowest BCUT2D eigenvalue weighted by molar-refractivity contribution is 0.0691. The normalized spacial score (nSPS) is 14.9. The molecule has 33 heavy (non-hydrogen) atoms. The Balaban J connectivity index is 1.63. The molecule has 2 N–H and O–H groups in total. The first-order valence-electron chi connectivity index (χ1n) is 10.7. The maximum atomic E-state index is 11.7. The number of aromatic nitrogens is 2. The molecule has 4 heterocycles. The molecule has 5 rings (SSSR count). The third-order valence-corrected chi connectivity index (χ3v) is 6.05. The molecule has 7 nitrogen and oxygen atoms in total. The van der Waals surface area contributed by atoms with Crippen molar-refractivity contribution in [2.45, 2.75) is 26.3 Å². The number of nitrogens with zero attached hydrogens (tertiary/aromatic N) is 2. The van der Waals surface area contributed by atoms with E-state index in [0.29, 0.717) is 18.9 Å². The van der Waals surface area contributed by atoms with E-state index < -0.39 is 5.97 Å².